The molecule has 0 atom stereocenters. The highest BCUT2D eigenvalue weighted by molar-refractivity contribution is 9.10. The Morgan fingerprint density at radius 2 is 2.12 bits per heavy atom. The minimum absolute atomic E-state index is 0.0702. The minimum atomic E-state index is -0.0702. The molecule has 0 saturated heterocycles. The van der Waals surface area contributed by atoms with Crippen molar-refractivity contribution in [2.45, 2.75) is 19.9 Å². The van der Waals surface area contributed by atoms with E-state index in [0.29, 0.717) is 21.1 Å². The van der Waals surface area contributed by atoms with E-state index in [4.69, 9.17) is 5.73 Å². The zero-order chi connectivity index (χ0) is 11.9. The van der Waals surface area contributed by atoms with E-state index >= 15 is 0 Å². The molecule has 0 aliphatic heterocycles. The highest BCUT2D eigenvalue weighted by Gasteiger charge is 2.11. The molecular formula is C11H12BrN3O. The summed E-state index contributed by atoms with van der Waals surface area (Å²) in [5, 5.41) is 0.538. The number of fused-ring (bicyclic) bond motifs is 1. The van der Waals surface area contributed by atoms with Crippen molar-refractivity contribution in [3.63, 3.8) is 0 Å². The molecule has 5 heteroatoms. The molecule has 0 saturated carbocycles. The predicted octanol–water partition coefficient (Wildman–Crippen LogP) is 2.32. The van der Waals surface area contributed by atoms with E-state index in [1.54, 1.807) is 23.0 Å². The molecular weight excluding hydrogens is 270 g/mol. The summed E-state index contributed by atoms with van der Waals surface area (Å²) < 4.78 is 2.21. The fraction of sp³-hybridized carbons (Fsp3) is 0.273. The van der Waals surface area contributed by atoms with Crippen LogP contribution < -0.4 is 11.3 Å². The molecule has 0 spiro atoms. The van der Waals surface area contributed by atoms with Crippen molar-refractivity contribution >= 4 is 32.5 Å². The Kier molecular flexibility index (Phi) is 2.71. The van der Waals surface area contributed by atoms with E-state index < -0.39 is 0 Å². The molecule has 4 nitrogen and oxygen atoms in total. The molecule has 0 bridgehead atoms. The Morgan fingerprint density at radius 1 is 1.44 bits per heavy atom. The first-order valence-corrected chi connectivity index (χ1v) is 5.76. The third-order valence-electron chi connectivity index (χ3n) is 2.48. The lowest BCUT2D eigenvalue weighted by Crippen LogP contribution is -2.22. The molecule has 0 unspecified atom stereocenters. The van der Waals surface area contributed by atoms with Crippen LogP contribution in [0.2, 0.25) is 0 Å². The first-order chi connectivity index (χ1) is 7.52. The van der Waals surface area contributed by atoms with Gasteiger partial charge in [0, 0.05) is 11.7 Å². The lowest BCUT2D eigenvalue weighted by molar-refractivity contribution is 0.573. The second-order valence-corrected chi connectivity index (χ2v) is 4.71. The SMILES string of the molecule is CC(C)n1cnc2ccc(N)c(Br)c2c1=O. The second kappa shape index (κ2) is 3.90. The highest BCUT2D eigenvalue weighted by atomic mass is 79.9. The predicted molar refractivity (Wildman–Crippen MR) is 68.5 cm³/mol. The van der Waals surface area contributed by atoms with Crippen LogP contribution in [-0.4, -0.2) is 9.55 Å². The molecule has 0 radical (unpaired) electrons. The summed E-state index contributed by atoms with van der Waals surface area (Å²) in [7, 11) is 0. The van der Waals surface area contributed by atoms with Crippen LogP contribution in [-0.2, 0) is 0 Å². The molecule has 0 fully saturated rings. The summed E-state index contributed by atoms with van der Waals surface area (Å²) in [5.41, 5.74) is 6.89. The number of halogens is 1. The summed E-state index contributed by atoms with van der Waals surface area (Å²) in [5.74, 6) is 0. The Hall–Kier alpha value is -1.36. The molecule has 16 heavy (non-hydrogen) atoms. The van der Waals surface area contributed by atoms with Crippen LogP contribution in [0.25, 0.3) is 10.9 Å². The maximum absolute atomic E-state index is 12.2. The van der Waals surface area contributed by atoms with Gasteiger partial charge in [0.05, 0.1) is 21.7 Å². The van der Waals surface area contributed by atoms with Crippen molar-refractivity contribution in [1.29, 1.82) is 0 Å². The minimum Gasteiger partial charge on any atom is -0.398 e. The average molecular weight is 282 g/mol. The second-order valence-electron chi connectivity index (χ2n) is 3.91. The van der Waals surface area contributed by atoms with Gasteiger partial charge in [0.15, 0.2) is 0 Å². The van der Waals surface area contributed by atoms with Crippen LogP contribution in [0.1, 0.15) is 19.9 Å². The monoisotopic (exact) mass is 281 g/mol. The lowest BCUT2D eigenvalue weighted by atomic mass is 10.2. The Bertz CT molecular complexity index is 604. The van der Waals surface area contributed by atoms with Gasteiger partial charge in [0.2, 0.25) is 0 Å². The summed E-state index contributed by atoms with van der Waals surface area (Å²) in [4.78, 5) is 16.4. The number of nitrogen functional groups attached to an aromatic ring is 1. The van der Waals surface area contributed by atoms with Gasteiger partial charge in [-0.05, 0) is 41.9 Å². The van der Waals surface area contributed by atoms with E-state index in [0.717, 1.165) is 0 Å². The average Bonchev–Trinajstić information content (AvgIpc) is 2.23. The quantitative estimate of drug-likeness (QED) is 0.816. The Morgan fingerprint density at radius 3 is 2.75 bits per heavy atom. The number of nitrogens with two attached hydrogens (primary N) is 1. The van der Waals surface area contributed by atoms with Gasteiger partial charge in [-0.2, -0.15) is 0 Å². The largest absolute Gasteiger partial charge is 0.398 e. The number of hydrogen-bond acceptors (Lipinski definition) is 3. The third-order valence-corrected chi connectivity index (χ3v) is 3.33. The van der Waals surface area contributed by atoms with Crippen LogP contribution in [0, 0.1) is 0 Å². The van der Waals surface area contributed by atoms with Gasteiger partial charge in [0.1, 0.15) is 0 Å². The molecule has 0 aliphatic rings. The molecule has 2 rings (SSSR count). The third kappa shape index (κ3) is 1.61. The van der Waals surface area contributed by atoms with Crippen molar-refractivity contribution in [2.24, 2.45) is 0 Å². The van der Waals surface area contributed by atoms with Crippen molar-refractivity contribution in [2.75, 3.05) is 5.73 Å². The fourth-order valence-corrected chi connectivity index (χ4v) is 2.07. The molecule has 1 aromatic heterocycles. The van der Waals surface area contributed by atoms with Gasteiger partial charge in [-0.3, -0.25) is 9.36 Å². The van der Waals surface area contributed by atoms with Crippen LogP contribution in [0.5, 0.6) is 0 Å². The Labute approximate surface area is 101 Å². The standard InChI is InChI=1S/C11H12BrN3O/c1-6(2)15-5-14-8-4-3-7(13)10(12)9(8)11(15)16/h3-6H,13H2,1-2H3. The van der Waals surface area contributed by atoms with Crippen molar-refractivity contribution in [3.8, 4) is 0 Å². The molecule has 1 heterocycles. The molecule has 2 N–H and O–H groups in total. The van der Waals surface area contributed by atoms with Crippen LogP contribution in [0.15, 0.2) is 27.7 Å². The molecule has 0 amide bonds. The number of benzene rings is 1. The van der Waals surface area contributed by atoms with Crippen molar-refractivity contribution in [1.82, 2.24) is 9.55 Å². The van der Waals surface area contributed by atoms with E-state index in [1.165, 1.54) is 0 Å². The molecule has 2 aromatic rings. The first kappa shape index (κ1) is 11.1. The summed E-state index contributed by atoms with van der Waals surface area (Å²) in [6, 6.07) is 3.57. The highest BCUT2D eigenvalue weighted by Crippen LogP contribution is 2.25. The summed E-state index contributed by atoms with van der Waals surface area (Å²) in [6.07, 6.45) is 1.57. The zero-order valence-corrected chi connectivity index (χ0v) is 10.7. The number of nitrogens with zero attached hydrogens (tertiary/aromatic N) is 2. The number of anilines is 1. The van der Waals surface area contributed by atoms with E-state index in [2.05, 4.69) is 20.9 Å². The first-order valence-electron chi connectivity index (χ1n) is 4.97. The van der Waals surface area contributed by atoms with Crippen LogP contribution >= 0.6 is 15.9 Å². The van der Waals surface area contributed by atoms with Gasteiger partial charge in [-0.1, -0.05) is 0 Å². The maximum Gasteiger partial charge on any atom is 0.262 e. The van der Waals surface area contributed by atoms with Gasteiger partial charge in [-0.25, -0.2) is 4.98 Å². The van der Waals surface area contributed by atoms with E-state index in [-0.39, 0.29) is 11.6 Å². The summed E-state index contributed by atoms with van der Waals surface area (Å²) in [6.45, 7) is 3.88. The zero-order valence-electron chi connectivity index (χ0n) is 9.07. The number of rotatable bonds is 1. The molecule has 0 aliphatic carbocycles. The summed E-state index contributed by atoms with van der Waals surface area (Å²) >= 11 is 3.34. The Balaban J connectivity index is 2.93. The van der Waals surface area contributed by atoms with Crippen molar-refractivity contribution in [3.05, 3.63) is 33.3 Å². The van der Waals surface area contributed by atoms with Crippen LogP contribution in [0.3, 0.4) is 0 Å². The van der Waals surface area contributed by atoms with Gasteiger partial charge >= 0.3 is 0 Å². The topological polar surface area (TPSA) is 60.9 Å². The smallest absolute Gasteiger partial charge is 0.262 e. The lowest BCUT2D eigenvalue weighted by Gasteiger charge is -2.11. The normalized spacial score (nSPS) is 11.2. The van der Waals surface area contributed by atoms with Gasteiger partial charge in [0.25, 0.3) is 5.56 Å². The van der Waals surface area contributed by atoms with Crippen molar-refractivity contribution < 1.29 is 0 Å². The van der Waals surface area contributed by atoms with Crippen LogP contribution in [0.4, 0.5) is 5.69 Å². The molecule has 84 valence electrons. The molecule has 1 aromatic carbocycles. The maximum atomic E-state index is 12.2. The van der Waals surface area contributed by atoms with Gasteiger partial charge < -0.3 is 5.73 Å². The number of aromatic nitrogens is 2. The number of hydrogen-bond donors (Lipinski definition) is 1. The van der Waals surface area contributed by atoms with E-state index in [1.807, 2.05) is 13.8 Å². The van der Waals surface area contributed by atoms with Gasteiger partial charge in [-0.15, -0.1) is 0 Å². The fourth-order valence-electron chi connectivity index (χ4n) is 1.57. The van der Waals surface area contributed by atoms with E-state index in [9.17, 15) is 4.79 Å².